The summed E-state index contributed by atoms with van der Waals surface area (Å²) in [5, 5.41) is 15.5. The number of aryl methyl sites for hydroxylation is 2. The monoisotopic (exact) mass is 334 g/mol. The maximum atomic E-state index is 12.2. The second-order valence-corrected chi connectivity index (χ2v) is 7.44. The third-order valence-electron chi connectivity index (χ3n) is 3.96. The lowest BCUT2D eigenvalue weighted by Crippen LogP contribution is -2.40. The van der Waals surface area contributed by atoms with Crippen LogP contribution in [0.15, 0.2) is 6.20 Å². The number of rotatable bonds is 5. The van der Waals surface area contributed by atoms with E-state index in [4.69, 9.17) is 0 Å². The highest BCUT2D eigenvalue weighted by atomic mass is 32.1. The Balaban J connectivity index is 1.64. The highest BCUT2D eigenvalue weighted by Gasteiger charge is 2.27. The molecule has 0 saturated carbocycles. The van der Waals surface area contributed by atoms with E-state index in [1.165, 1.54) is 0 Å². The zero-order chi connectivity index (χ0) is 16.4. The fourth-order valence-corrected chi connectivity index (χ4v) is 3.51. The first-order valence-corrected chi connectivity index (χ1v) is 8.74. The van der Waals surface area contributed by atoms with Crippen LogP contribution in [0.25, 0.3) is 0 Å². The molecule has 0 saturated heterocycles. The zero-order valence-electron chi connectivity index (χ0n) is 13.7. The molecule has 8 heteroatoms. The molecule has 124 valence electrons. The number of aromatic nitrogens is 4. The largest absolute Gasteiger partial charge is 0.333 e. The lowest BCUT2D eigenvalue weighted by atomic mass is 10.0. The molecule has 2 aromatic rings. The van der Waals surface area contributed by atoms with E-state index in [0.717, 1.165) is 40.9 Å². The van der Waals surface area contributed by atoms with Crippen molar-refractivity contribution in [2.45, 2.75) is 52.7 Å². The number of carbonyl (C=O) groups is 1. The summed E-state index contributed by atoms with van der Waals surface area (Å²) in [6.45, 7) is 7.53. The molecular weight excluding hydrogens is 312 g/mol. The summed E-state index contributed by atoms with van der Waals surface area (Å²) in [6, 6.07) is -0.331. The number of urea groups is 1. The van der Waals surface area contributed by atoms with Crippen molar-refractivity contribution in [3.63, 3.8) is 0 Å². The van der Waals surface area contributed by atoms with Gasteiger partial charge in [0.1, 0.15) is 5.82 Å². The van der Waals surface area contributed by atoms with Crippen LogP contribution < -0.4 is 10.6 Å². The number of nitrogens with zero attached hydrogens (tertiary/aromatic N) is 4. The van der Waals surface area contributed by atoms with Crippen molar-refractivity contribution in [3.05, 3.63) is 27.7 Å². The molecule has 1 aliphatic heterocycles. The van der Waals surface area contributed by atoms with Gasteiger partial charge in [-0.2, -0.15) is 0 Å². The summed E-state index contributed by atoms with van der Waals surface area (Å²) in [5.74, 6) is 2.12. The Morgan fingerprint density at radius 2 is 2.26 bits per heavy atom. The van der Waals surface area contributed by atoms with Gasteiger partial charge in [0.25, 0.3) is 0 Å². The number of hydrogen-bond donors (Lipinski definition) is 2. The third-order valence-corrected chi connectivity index (χ3v) is 4.87. The summed E-state index contributed by atoms with van der Waals surface area (Å²) >= 11 is 1.59. The number of thiazole rings is 1. The Labute approximate surface area is 139 Å². The summed E-state index contributed by atoms with van der Waals surface area (Å²) in [4.78, 5) is 17.5. The van der Waals surface area contributed by atoms with E-state index in [2.05, 4.69) is 44.2 Å². The van der Waals surface area contributed by atoms with E-state index in [1.807, 2.05) is 6.92 Å². The minimum atomic E-state index is -0.190. The highest BCUT2D eigenvalue weighted by Crippen LogP contribution is 2.24. The van der Waals surface area contributed by atoms with Gasteiger partial charge < -0.3 is 15.2 Å². The van der Waals surface area contributed by atoms with Crippen molar-refractivity contribution in [2.75, 3.05) is 0 Å². The molecule has 2 N–H and O–H groups in total. The molecule has 0 bridgehead atoms. The van der Waals surface area contributed by atoms with Crippen molar-refractivity contribution < 1.29 is 4.79 Å². The van der Waals surface area contributed by atoms with Gasteiger partial charge in [-0.25, -0.2) is 9.78 Å². The molecule has 0 spiro atoms. The Bertz CT molecular complexity index is 692. The normalized spacial score (nSPS) is 14.8. The molecule has 0 aromatic carbocycles. The molecule has 2 aromatic heterocycles. The number of carbonyl (C=O) groups excluding carboxylic acids is 1. The van der Waals surface area contributed by atoms with Crippen molar-refractivity contribution in [3.8, 4) is 0 Å². The van der Waals surface area contributed by atoms with Crippen molar-refractivity contribution in [1.29, 1.82) is 0 Å². The fourth-order valence-electron chi connectivity index (χ4n) is 2.78. The summed E-state index contributed by atoms with van der Waals surface area (Å²) < 4.78 is 2.14. The molecule has 0 aliphatic carbocycles. The van der Waals surface area contributed by atoms with Gasteiger partial charge >= 0.3 is 6.03 Å². The summed E-state index contributed by atoms with van der Waals surface area (Å²) in [6.07, 6.45) is 3.86. The van der Waals surface area contributed by atoms with Gasteiger partial charge in [0.05, 0.1) is 17.6 Å². The van der Waals surface area contributed by atoms with Crippen LogP contribution in [0.1, 0.15) is 47.8 Å². The summed E-state index contributed by atoms with van der Waals surface area (Å²) in [7, 11) is 0. The smallest absolute Gasteiger partial charge is 0.315 e. The molecule has 3 rings (SSSR count). The lowest BCUT2D eigenvalue weighted by molar-refractivity contribution is 0.231. The van der Waals surface area contributed by atoms with Crippen LogP contribution in [-0.4, -0.2) is 25.8 Å². The first kappa shape index (κ1) is 15.9. The summed E-state index contributed by atoms with van der Waals surface area (Å²) in [5.41, 5.74) is 0. The number of nitrogens with one attached hydrogen (secondary N) is 2. The van der Waals surface area contributed by atoms with Gasteiger partial charge in [0, 0.05) is 24.0 Å². The van der Waals surface area contributed by atoms with Crippen LogP contribution in [0.2, 0.25) is 0 Å². The minimum Gasteiger partial charge on any atom is -0.333 e. The predicted molar refractivity (Wildman–Crippen MR) is 88.1 cm³/mol. The first-order valence-electron chi connectivity index (χ1n) is 7.92. The molecule has 0 fully saturated rings. The Morgan fingerprint density at radius 1 is 1.43 bits per heavy atom. The van der Waals surface area contributed by atoms with Crippen molar-refractivity contribution in [1.82, 2.24) is 30.4 Å². The Hall–Kier alpha value is -1.96. The molecule has 7 nitrogen and oxygen atoms in total. The van der Waals surface area contributed by atoms with Crippen LogP contribution >= 0.6 is 11.3 Å². The predicted octanol–water partition coefficient (Wildman–Crippen LogP) is 2.19. The van der Waals surface area contributed by atoms with E-state index < -0.39 is 0 Å². The quantitative estimate of drug-likeness (QED) is 0.878. The van der Waals surface area contributed by atoms with E-state index in [9.17, 15) is 4.79 Å². The molecule has 2 amide bonds. The van der Waals surface area contributed by atoms with E-state index in [1.54, 1.807) is 17.5 Å². The maximum Gasteiger partial charge on any atom is 0.315 e. The SMILES string of the molecule is Cc1ncc(CNC(=O)N[C@H](c2nnc3n2CCC3)C(C)C)s1. The van der Waals surface area contributed by atoms with Crippen LogP contribution in [0.5, 0.6) is 0 Å². The van der Waals surface area contributed by atoms with E-state index in [-0.39, 0.29) is 18.0 Å². The van der Waals surface area contributed by atoms with Gasteiger partial charge in [-0.05, 0) is 19.3 Å². The second kappa shape index (κ2) is 6.66. The Morgan fingerprint density at radius 3 is 2.96 bits per heavy atom. The van der Waals surface area contributed by atoms with Gasteiger partial charge in [-0.1, -0.05) is 13.8 Å². The van der Waals surface area contributed by atoms with Gasteiger partial charge in [0.15, 0.2) is 5.82 Å². The van der Waals surface area contributed by atoms with Crippen LogP contribution in [0.3, 0.4) is 0 Å². The molecule has 3 heterocycles. The maximum absolute atomic E-state index is 12.2. The molecular formula is C15H22N6OS. The fraction of sp³-hybridized carbons (Fsp3) is 0.600. The molecule has 0 radical (unpaired) electrons. The molecule has 1 atom stereocenters. The van der Waals surface area contributed by atoms with Gasteiger partial charge in [-0.15, -0.1) is 21.5 Å². The van der Waals surface area contributed by atoms with Crippen LogP contribution in [0, 0.1) is 12.8 Å². The lowest BCUT2D eigenvalue weighted by Gasteiger charge is -2.22. The van der Waals surface area contributed by atoms with Crippen LogP contribution in [-0.2, 0) is 19.5 Å². The van der Waals surface area contributed by atoms with Crippen LogP contribution in [0.4, 0.5) is 4.79 Å². The van der Waals surface area contributed by atoms with E-state index >= 15 is 0 Å². The first-order chi connectivity index (χ1) is 11.0. The topological polar surface area (TPSA) is 84.7 Å². The number of fused-ring (bicyclic) bond motifs is 1. The average Bonchev–Trinajstić information content (AvgIpc) is 3.19. The zero-order valence-corrected chi connectivity index (χ0v) is 14.5. The van der Waals surface area contributed by atoms with Crippen molar-refractivity contribution in [2.24, 2.45) is 5.92 Å². The number of amides is 2. The van der Waals surface area contributed by atoms with E-state index in [0.29, 0.717) is 6.54 Å². The van der Waals surface area contributed by atoms with Gasteiger partial charge in [0.2, 0.25) is 0 Å². The molecule has 0 unspecified atom stereocenters. The minimum absolute atomic E-state index is 0.141. The van der Waals surface area contributed by atoms with Crippen molar-refractivity contribution >= 4 is 17.4 Å². The average molecular weight is 334 g/mol. The highest BCUT2D eigenvalue weighted by molar-refractivity contribution is 7.11. The standard InChI is InChI=1S/C15H22N6OS/c1-9(2)13(14-20-19-12-5-4-6-21(12)14)18-15(22)17-8-11-7-16-10(3)23-11/h7,9,13H,4-6,8H2,1-3H3,(H2,17,18,22)/t13-/m0/s1. The Kier molecular flexibility index (Phi) is 4.61. The molecule has 1 aliphatic rings. The molecule has 23 heavy (non-hydrogen) atoms. The number of hydrogen-bond acceptors (Lipinski definition) is 5. The van der Waals surface area contributed by atoms with Gasteiger partial charge in [-0.3, -0.25) is 0 Å². The second-order valence-electron chi connectivity index (χ2n) is 6.12. The third kappa shape index (κ3) is 3.52.